The van der Waals surface area contributed by atoms with Gasteiger partial charge in [0.2, 0.25) is 11.9 Å². The van der Waals surface area contributed by atoms with Crippen molar-refractivity contribution < 1.29 is 42.9 Å². The van der Waals surface area contributed by atoms with Crippen LogP contribution in [0, 0.1) is 0 Å². The number of rotatable bonds is 8. The molecule has 0 bridgehead atoms. The molecule has 1 saturated heterocycles. The lowest BCUT2D eigenvalue weighted by Crippen LogP contribution is -2.52. The van der Waals surface area contributed by atoms with Crippen LogP contribution in [0.1, 0.15) is 44.9 Å². The maximum absolute atomic E-state index is 13.1. The van der Waals surface area contributed by atoms with Crippen LogP contribution in [0.4, 0.5) is 0 Å². The Balaban J connectivity index is 1.64. The minimum atomic E-state index is -1.78. The molecule has 38 heavy (non-hydrogen) atoms. The molecule has 3 aromatic rings. The first kappa shape index (κ1) is 26.6. The van der Waals surface area contributed by atoms with Crippen LogP contribution >= 0.6 is 0 Å². The monoisotopic (exact) mass is 518 g/mol. The lowest BCUT2D eigenvalue weighted by Gasteiger charge is -2.33. The molecule has 1 aliphatic rings. The Kier molecular flexibility index (Phi) is 8.18. The second kappa shape index (κ2) is 11.7. The fraction of sp³-hybridized carbons (Fsp3) is 0.241. The summed E-state index contributed by atoms with van der Waals surface area (Å²) in [6.45, 7) is 2.22. The van der Waals surface area contributed by atoms with Gasteiger partial charge in [-0.15, -0.1) is 0 Å². The van der Waals surface area contributed by atoms with Gasteiger partial charge < -0.3 is 23.7 Å². The van der Waals surface area contributed by atoms with Gasteiger partial charge in [0.1, 0.15) is 12.7 Å². The third-order valence-electron chi connectivity index (χ3n) is 5.90. The average Bonchev–Trinajstić information content (AvgIpc) is 3.17. The minimum absolute atomic E-state index is 0.224. The first-order valence-electron chi connectivity index (χ1n) is 11.9. The second-order valence-electron chi connectivity index (χ2n) is 8.71. The molecule has 0 amide bonds. The molecule has 0 radical (unpaired) electrons. The third kappa shape index (κ3) is 6.07. The quantitative estimate of drug-likeness (QED) is 0.323. The predicted octanol–water partition coefficient (Wildman–Crippen LogP) is 3.97. The topological polar surface area (TPSA) is 114 Å². The lowest BCUT2D eigenvalue weighted by atomic mass is 9.96. The summed E-state index contributed by atoms with van der Waals surface area (Å²) >= 11 is 0. The van der Waals surface area contributed by atoms with Crippen LogP contribution in [0.2, 0.25) is 0 Å². The van der Waals surface area contributed by atoms with E-state index in [1.807, 2.05) is 0 Å². The highest BCUT2D eigenvalue weighted by atomic mass is 16.8. The van der Waals surface area contributed by atoms with Crippen molar-refractivity contribution in [1.82, 2.24) is 0 Å². The predicted molar refractivity (Wildman–Crippen MR) is 133 cm³/mol. The van der Waals surface area contributed by atoms with Crippen LogP contribution in [0.15, 0.2) is 91.0 Å². The van der Waals surface area contributed by atoms with E-state index in [1.54, 1.807) is 91.0 Å². The Labute approximate surface area is 219 Å². The fourth-order valence-electron chi connectivity index (χ4n) is 4.00. The van der Waals surface area contributed by atoms with Crippen LogP contribution < -0.4 is 0 Å². The van der Waals surface area contributed by atoms with Crippen molar-refractivity contribution in [3.05, 3.63) is 108 Å². The number of carbonyl (C=O) groups excluding carboxylic acids is 4. The number of benzene rings is 3. The molecule has 4 atom stereocenters. The van der Waals surface area contributed by atoms with Crippen LogP contribution in [-0.4, -0.2) is 54.6 Å². The zero-order valence-electron chi connectivity index (χ0n) is 20.8. The van der Waals surface area contributed by atoms with Crippen molar-refractivity contribution in [2.45, 2.75) is 37.9 Å². The van der Waals surface area contributed by atoms with Gasteiger partial charge in [-0.05, 0) is 43.3 Å². The highest BCUT2D eigenvalue weighted by Gasteiger charge is 2.61. The van der Waals surface area contributed by atoms with E-state index in [9.17, 15) is 19.2 Å². The molecule has 0 N–H and O–H groups in total. The van der Waals surface area contributed by atoms with Crippen molar-refractivity contribution in [2.75, 3.05) is 6.61 Å². The number of hydrogen-bond donors (Lipinski definition) is 0. The summed E-state index contributed by atoms with van der Waals surface area (Å²) in [5.41, 5.74) is -1.02. The van der Waals surface area contributed by atoms with Gasteiger partial charge >= 0.3 is 23.9 Å². The second-order valence-corrected chi connectivity index (χ2v) is 8.71. The van der Waals surface area contributed by atoms with Gasteiger partial charge in [0, 0.05) is 6.92 Å². The normalized spacial score (nSPS) is 22.2. The number of hydrogen-bond acceptors (Lipinski definition) is 9. The van der Waals surface area contributed by atoms with E-state index in [0.29, 0.717) is 5.56 Å². The van der Waals surface area contributed by atoms with Crippen molar-refractivity contribution in [3.63, 3.8) is 0 Å². The Bertz CT molecular complexity index is 1280. The first-order valence-corrected chi connectivity index (χ1v) is 11.9. The smallest absolute Gasteiger partial charge is 0.339 e. The van der Waals surface area contributed by atoms with Crippen molar-refractivity contribution in [2.24, 2.45) is 0 Å². The van der Waals surface area contributed by atoms with E-state index in [1.165, 1.54) is 6.92 Å². The Hall–Kier alpha value is -4.50. The molecule has 1 aliphatic heterocycles. The molecule has 9 heteroatoms. The fourth-order valence-corrected chi connectivity index (χ4v) is 4.00. The molecule has 2 unspecified atom stereocenters. The van der Waals surface area contributed by atoms with Crippen LogP contribution in [0.25, 0.3) is 0 Å². The van der Waals surface area contributed by atoms with Crippen LogP contribution in [-0.2, 0) is 28.5 Å². The molecular weight excluding hydrogens is 492 g/mol. The first-order chi connectivity index (χ1) is 18.3. The maximum atomic E-state index is 13.1. The summed E-state index contributed by atoms with van der Waals surface area (Å²) in [6.07, 6.45) is -3.90. The molecule has 0 spiro atoms. The Morgan fingerprint density at radius 2 is 1.18 bits per heavy atom. The molecule has 196 valence electrons. The van der Waals surface area contributed by atoms with Gasteiger partial charge in [0.05, 0.1) is 16.7 Å². The van der Waals surface area contributed by atoms with Crippen LogP contribution in [0.3, 0.4) is 0 Å². The van der Waals surface area contributed by atoms with Crippen molar-refractivity contribution in [1.29, 1.82) is 0 Å². The molecular formula is C29H26O9. The van der Waals surface area contributed by atoms with E-state index in [0.717, 1.165) is 6.92 Å². The van der Waals surface area contributed by atoms with Gasteiger partial charge in [0.25, 0.3) is 0 Å². The molecule has 3 aromatic carbocycles. The highest BCUT2D eigenvalue weighted by molar-refractivity contribution is 5.91. The van der Waals surface area contributed by atoms with Gasteiger partial charge in [-0.25, -0.2) is 14.4 Å². The Morgan fingerprint density at radius 1 is 0.711 bits per heavy atom. The van der Waals surface area contributed by atoms with Gasteiger partial charge in [-0.2, -0.15) is 0 Å². The molecule has 1 heterocycles. The summed E-state index contributed by atoms with van der Waals surface area (Å²) in [5, 5.41) is 0. The Morgan fingerprint density at radius 3 is 1.68 bits per heavy atom. The SMILES string of the molecule is CC(=O)O[C@@H]1O[C@H](COC(=O)c2ccccc2)C(OC(=O)c2ccccc2)C1(C)OC(=O)c1ccccc1. The lowest BCUT2D eigenvalue weighted by molar-refractivity contribution is -0.206. The molecule has 0 saturated carbocycles. The van der Waals surface area contributed by atoms with E-state index in [4.69, 9.17) is 23.7 Å². The molecule has 0 aromatic heterocycles. The van der Waals surface area contributed by atoms with E-state index in [2.05, 4.69) is 0 Å². The van der Waals surface area contributed by atoms with Crippen molar-refractivity contribution >= 4 is 23.9 Å². The average molecular weight is 519 g/mol. The number of esters is 4. The van der Waals surface area contributed by atoms with E-state index < -0.39 is 48.0 Å². The van der Waals surface area contributed by atoms with E-state index in [-0.39, 0.29) is 17.7 Å². The van der Waals surface area contributed by atoms with Crippen LogP contribution in [0.5, 0.6) is 0 Å². The summed E-state index contributed by atoms with van der Waals surface area (Å²) in [7, 11) is 0. The summed E-state index contributed by atoms with van der Waals surface area (Å²) in [6, 6.07) is 24.6. The molecule has 4 rings (SSSR count). The van der Waals surface area contributed by atoms with Crippen molar-refractivity contribution in [3.8, 4) is 0 Å². The molecule has 1 fully saturated rings. The standard InChI is InChI=1S/C29H26O9/c1-19(30)35-28-29(2,38-27(33)22-16-10-5-11-17-22)24(37-26(32)21-14-8-4-9-15-21)23(36-28)18-34-25(31)20-12-6-3-7-13-20/h3-17,23-24,28H,18H2,1-2H3/t23-,24?,28-,29?/m1/s1. The number of carbonyl (C=O) groups is 4. The zero-order valence-corrected chi connectivity index (χ0v) is 20.8. The molecule has 9 nitrogen and oxygen atoms in total. The highest BCUT2D eigenvalue weighted by Crippen LogP contribution is 2.39. The zero-order chi connectivity index (χ0) is 27.1. The molecule has 0 aliphatic carbocycles. The summed E-state index contributed by atoms with van der Waals surface area (Å²) < 4.78 is 28.2. The third-order valence-corrected chi connectivity index (χ3v) is 5.90. The summed E-state index contributed by atoms with van der Waals surface area (Å²) in [5.74, 6) is -2.84. The van der Waals surface area contributed by atoms with E-state index >= 15 is 0 Å². The van der Waals surface area contributed by atoms with Gasteiger partial charge in [0.15, 0.2) is 6.10 Å². The number of ether oxygens (including phenoxy) is 5. The van der Waals surface area contributed by atoms with Gasteiger partial charge in [-0.1, -0.05) is 54.6 Å². The largest absolute Gasteiger partial charge is 0.459 e. The minimum Gasteiger partial charge on any atom is -0.459 e. The maximum Gasteiger partial charge on any atom is 0.339 e. The summed E-state index contributed by atoms with van der Waals surface area (Å²) in [4.78, 5) is 50.6. The van der Waals surface area contributed by atoms with Gasteiger partial charge in [-0.3, -0.25) is 4.79 Å².